The standard InChI is InChI=1S/C18H29N3/c1-19-14-16-6-2-3-7-17(16)15-20-10-12-21(13-11-20)18-8-4-5-9-18/h2-3,6-7,18-19H,4-5,8-15H2,1H3. The topological polar surface area (TPSA) is 18.5 Å². The van der Waals surface area contributed by atoms with Crippen molar-refractivity contribution in [2.24, 2.45) is 0 Å². The van der Waals surface area contributed by atoms with Gasteiger partial charge in [0.25, 0.3) is 0 Å². The van der Waals surface area contributed by atoms with Gasteiger partial charge >= 0.3 is 0 Å². The van der Waals surface area contributed by atoms with Crippen LogP contribution in [0.4, 0.5) is 0 Å². The lowest BCUT2D eigenvalue weighted by molar-refractivity contribution is 0.0935. The van der Waals surface area contributed by atoms with E-state index in [1.807, 2.05) is 7.05 Å². The Morgan fingerprint density at radius 3 is 2.33 bits per heavy atom. The number of hydrogen-bond donors (Lipinski definition) is 1. The zero-order valence-corrected chi connectivity index (χ0v) is 13.4. The molecule has 1 heterocycles. The van der Waals surface area contributed by atoms with Gasteiger partial charge in [-0.05, 0) is 31.0 Å². The summed E-state index contributed by atoms with van der Waals surface area (Å²) < 4.78 is 0. The van der Waals surface area contributed by atoms with Crippen molar-refractivity contribution in [1.29, 1.82) is 0 Å². The molecule has 1 N–H and O–H groups in total. The van der Waals surface area contributed by atoms with E-state index in [4.69, 9.17) is 0 Å². The summed E-state index contributed by atoms with van der Waals surface area (Å²) in [7, 11) is 2.02. The van der Waals surface area contributed by atoms with Crippen LogP contribution in [0.2, 0.25) is 0 Å². The van der Waals surface area contributed by atoms with Crippen LogP contribution in [-0.4, -0.2) is 49.1 Å². The summed E-state index contributed by atoms with van der Waals surface area (Å²) in [4.78, 5) is 5.36. The first-order chi connectivity index (χ1) is 10.4. The third-order valence-corrected chi connectivity index (χ3v) is 5.13. The van der Waals surface area contributed by atoms with Gasteiger partial charge in [-0.1, -0.05) is 37.1 Å². The molecule has 0 amide bonds. The van der Waals surface area contributed by atoms with Gasteiger partial charge in [0, 0.05) is 45.3 Å². The van der Waals surface area contributed by atoms with Gasteiger partial charge in [0.2, 0.25) is 0 Å². The van der Waals surface area contributed by atoms with E-state index in [9.17, 15) is 0 Å². The molecule has 2 fully saturated rings. The Hall–Kier alpha value is -0.900. The molecular weight excluding hydrogens is 258 g/mol. The summed E-state index contributed by atoms with van der Waals surface area (Å²) in [5, 5.41) is 3.28. The second-order valence-corrected chi connectivity index (χ2v) is 6.55. The van der Waals surface area contributed by atoms with E-state index < -0.39 is 0 Å². The fourth-order valence-corrected chi connectivity index (χ4v) is 3.87. The molecule has 1 aromatic rings. The van der Waals surface area contributed by atoms with Crippen LogP contribution < -0.4 is 5.32 Å². The third-order valence-electron chi connectivity index (χ3n) is 5.13. The van der Waals surface area contributed by atoms with Gasteiger partial charge in [-0.3, -0.25) is 9.80 Å². The Kier molecular flexibility index (Phi) is 5.28. The second-order valence-electron chi connectivity index (χ2n) is 6.55. The van der Waals surface area contributed by atoms with Crippen molar-refractivity contribution in [3.63, 3.8) is 0 Å². The predicted octanol–water partition coefficient (Wildman–Crippen LogP) is 2.47. The minimum absolute atomic E-state index is 0.892. The van der Waals surface area contributed by atoms with Gasteiger partial charge < -0.3 is 5.32 Å². The molecule has 3 heteroatoms. The van der Waals surface area contributed by atoms with Crippen LogP contribution in [0.25, 0.3) is 0 Å². The molecule has 2 aliphatic rings. The largest absolute Gasteiger partial charge is 0.316 e. The fourth-order valence-electron chi connectivity index (χ4n) is 3.87. The smallest absolute Gasteiger partial charge is 0.0238 e. The maximum Gasteiger partial charge on any atom is 0.0238 e. The lowest BCUT2D eigenvalue weighted by atomic mass is 10.1. The minimum Gasteiger partial charge on any atom is -0.316 e. The first-order valence-electron chi connectivity index (χ1n) is 8.54. The normalized spacial score (nSPS) is 22.0. The molecular formula is C18H29N3. The number of nitrogens with one attached hydrogen (secondary N) is 1. The Bertz CT molecular complexity index is 432. The van der Waals surface area contributed by atoms with E-state index in [2.05, 4.69) is 39.4 Å². The SMILES string of the molecule is CNCc1ccccc1CN1CCN(C2CCCC2)CC1. The molecule has 1 aromatic carbocycles. The summed E-state index contributed by atoms with van der Waals surface area (Å²) in [5.41, 5.74) is 2.93. The molecule has 0 aromatic heterocycles. The highest BCUT2D eigenvalue weighted by molar-refractivity contribution is 5.27. The Morgan fingerprint density at radius 1 is 1.00 bits per heavy atom. The van der Waals surface area contributed by atoms with Crippen LogP contribution in [-0.2, 0) is 13.1 Å². The van der Waals surface area contributed by atoms with E-state index >= 15 is 0 Å². The van der Waals surface area contributed by atoms with Crippen LogP contribution >= 0.6 is 0 Å². The average molecular weight is 287 g/mol. The molecule has 3 rings (SSSR count). The molecule has 0 bridgehead atoms. The summed E-state index contributed by atoms with van der Waals surface area (Å²) in [6.07, 6.45) is 5.76. The van der Waals surface area contributed by atoms with Gasteiger partial charge in [-0.2, -0.15) is 0 Å². The number of nitrogens with zero attached hydrogens (tertiary/aromatic N) is 2. The molecule has 0 unspecified atom stereocenters. The number of hydrogen-bond acceptors (Lipinski definition) is 3. The average Bonchev–Trinajstić information content (AvgIpc) is 3.05. The van der Waals surface area contributed by atoms with E-state index in [1.54, 1.807) is 0 Å². The van der Waals surface area contributed by atoms with E-state index in [0.29, 0.717) is 0 Å². The maximum absolute atomic E-state index is 3.28. The molecule has 21 heavy (non-hydrogen) atoms. The highest BCUT2D eigenvalue weighted by atomic mass is 15.3. The van der Waals surface area contributed by atoms with Crippen molar-refractivity contribution in [3.05, 3.63) is 35.4 Å². The van der Waals surface area contributed by atoms with Gasteiger partial charge in [0.05, 0.1) is 0 Å². The van der Waals surface area contributed by atoms with Crippen LogP contribution in [0.1, 0.15) is 36.8 Å². The monoisotopic (exact) mass is 287 g/mol. The fraction of sp³-hybridized carbons (Fsp3) is 0.667. The van der Waals surface area contributed by atoms with Crippen molar-refractivity contribution in [1.82, 2.24) is 15.1 Å². The van der Waals surface area contributed by atoms with Crippen LogP contribution in [0, 0.1) is 0 Å². The molecule has 116 valence electrons. The Labute approximate surface area is 129 Å². The van der Waals surface area contributed by atoms with Gasteiger partial charge in [-0.25, -0.2) is 0 Å². The molecule has 1 saturated carbocycles. The number of benzene rings is 1. The van der Waals surface area contributed by atoms with Crippen molar-refractivity contribution < 1.29 is 0 Å². The summed E-state index contributed by atoms with van der Waals surface area (Å²) >= 11 is 0. The molecule has 1 aliphatic heterocycles. The van der Waals surface area contributed by atoms with Gasteiger partial charge in [0.15, 0.2) is 0 Å². The van der Waals surface area contributed by atoms with Crippen molar-refractivity contribution >= 4 is 0 Å². The van der Waals surface area contributed by atoms with E-state index in [0.717, 1.165) is 19.1 Å². The highest BCUT2D eigenvalue weighted by Gasteiger charge is 2.26. The summed E-state index contributed by atoms with van der Waals surface area (Å²) in [6.45, 7) is 7.06. The second kappa shape index (κ2) is 7.39. The molecule has 0 atom stereocenters. The Balaban J connectivity index is 1.53. The molecule has 0 spiro atoms. The first kappa shape index (κ1) is 15.0. The van der Waals surface area contributed by atoms with Crippen LogP contribution in [0.5, 0.6) is 0 Å². The minimum atomic E-state index is 0.892. The first-order valence-corrected chi connectivity index (χ1v) is 8.54. The highest BCUT2D eigenvalue weighted by Crippen LogP contribution is 2.24. The lowest BCUT2D eigenvalue weighted by Gasteiger charge is -2.38. The van der Waals surface area contributed by atoms with Crippen molar-refractivity contribution in [3.8, 4) is 0 Å². The van der Waals surface area contributed by atoms with Crippen LogP contribution in [0.3, 0.4) is 0 Å². The molecule has 3 nitrogen and oxygen atoms in total. The van der Waals surface area contributed by atoms with E-state index in [-0.39, 0.29) is 0 Å². The Morgan fingerprint density at radius 2 is 1.67 bits per heavy atom. The predicted molar refractivity (Wildman–Crippen MR) is 88.3 cm³/mol. The van der Waals surface area contributed by atoms with Gasteiger partial charge in [-0.15, -0.1) is 0 Å². The molecule has 0 radical (unpaired) electrons. The quantitative estimate of drug-likeness (QED) is 0.897. The van der Waals surface area contributed by atoms with Crippen molar-refractivity contribution in [2.75, 3.05) is 33.2 Å². The zero-order valence-electron chi connectivity index (χ0n) is 13.4. The number of rotatable bonds is 5. The zero-order chi connectivity index (χ0) is 14.5. The summed E-state index contributed by atoms with van der Waals surface area (Å²) in [6, 6.07) is 9.75. The van der Waals surface area contributed by atoms with E-state index in [1.165, 1.54) is 63.0 Å². The third kappa shape index (κ3) is 3.85. The van der Waals surface area contributed by atoms with Gasteiger partial charge in [0.1, 0.15) is 0 Å². The number of piperazine rings is 1. The maximum atomic E-state index is 3.28. The summed E-state index contributed by atoms with van der Waals surface area (Å²) in [5.74, 6) is 0. The van der Waals surface area contributed by atoms with Crippen LogP contribution in [0.15, 0.2) is 24.3 Å². The molecule has 1 aliphatic carbocycles. The lowest BCUT2D eigenvalue weighted by Crippen LogP contribution is -2.49. The molecule has 1 saturated heterocycles. The van der Waals surface area contributed by atoms with Crippen molar-refractivity contribution in [2.45, 2.75) is 44.8 Å².